The molecule has 0 aliphatic heterocycles. The molecule has 4 atom stereocenters. The summed E-state index contributed by atoms with van der Waals surface area (Å²) in [5, 5.41) is 0. The van der Waals surface area contributed by atoms with Crippen LogP contribution in [0.4, 0.5) is 34.1 Å². The van der Waals surface area contributed by atoms with E-state index in [2.05, 4.69) is 272 Å². The molecule has 0 radical (unpaired) electrons. The van der Waals surface area contributed by atoms with E-state index >= 15 is 0 Å². The molecule has 380 valence electrons. The van der Waals surface area contributed by atoms with Crippen LogP contribution in [0.15, 0.2) is 249 Å². The van der Waals surface area contributed by atoms with Crippen LogP contribution in [0.1, 0.15) is 103 Å². The zero-order valence-corrected chi connectivity index (χ0v) is 45.0. The van der Waals surface area contributed by atoms with E-state index in [1.807, 2.05) is 0 Å². The van der Waals surface area contributed by atoms with Crippen LogP contribution in [0.5, 0.6) is 0 Å². The van der Waals surface area contributed by atoms with Crippen LogP contribution in [0, 0.1) is 11.8 Å². The lowest BCUT2D eigenvalue weighted by atomic mass is 9.70. The average Bonchev–Trinajstić information content (AvgIpc) is 4.38. The van der Waals surface area contributed by atoms with E-state index in [9.17, 15) is 0 Å². The second-order valence-electron chi connectivity index (χ2n) is 23.8. The van der Waals surface area contributed by atoms with E-state index in [0.717, 1.165) is 41.7 Å². The van der Waals surface area contributed by atoms with E-state index < -0.39 is 5.41 Å². The lowest BCUT2D eigenvalue weighted by Crippen LogP contribution is -2.27. The number of rotatable bonds is 9. The molecular weight excluding hydrogens is 953 g/mol. The maximum absolute atomic E-state index is 2.62. The molecule has 0 N–H and O–H groups in total. The molecule has 1 spiro atoms. The van der Waals surface area contributed by atoms with E-state index in [4.69, 9.17) is 0 Å². The highest BCUT2D eigenvalue weighted by molar-refractivity contribution is 6.03. The molecule has 10 aromatic rings. The average molecular weight is 1020 g/mol. The number of allylic oxidation sites excluding steroid dienone is 4. The summed E-state index contributed by atoms with van der Waals surface area (Å²) < 4.78 is 0. The molecule has 6 aliphatic carbocycles. The Bertz CT molecular complexity index is 4130. The lowest BCUT2D eigenvalue weighted by Gasteiger charge is -2.35. The zero-order chi connectivity index (χ0) is 52.4. The van der Waals surface area contributed by atoms with Gasteiger partial charge in [-0.1, -0.05) is 196 Å². The molecule has 16 rings (SSSR count). The quantitative estimate of drug-likeness (QED) is 0.142. The molecule has 2 nitrogen and oxygen atoms in total. The highest BCUT2D eigenvalue weighted by atomic mass is 15.2. The van der Waals surface area contributed by atoms with Gasteiger partial charge in [0, 0.05) is 39.3 Å². The van der Waals surface area contributed by atoms with Crippen molar-refractivity contribution in [2.24, 2.45) is 11.8 Å². The molecule has 2 heteroatoms. The number of nitrogens with zero attached hydrogens (tertiary/aromatic N) is 2. The van der Waals surface area contributed by atoms with Gasteiger partial charge in [-0.2, -0.15) is 0 Å². The molecule has 2 saturated carbocycles. The lowest BCUT2D eigenvalue weighted by molar-refractivity contribution is 0.420. The normalized spacial score (nSPS) is 20.0. The van der Waals surface area contributed by atoms with Crippen molar-refractivity contribution in [2.45, 2.75) is 69.1 Å². The molecule has 10 aromatic carbocycles. The van der Waals surface area contributed by atoms with Crippen LogP contribution >= 0.6 is 0 Å². The smallest absolute Gasteiger partial charge is 0.0727 e. The van der Waals surface area contributed by atoms with Gasteiger partial charge in [0.2, 0.25) is 0 Å². The monoisotopic (exact) mass is 1010 g/mol. The van der Waals surface area contributed by atoms with Crippen LogP contribution in [0.3, 0.4) is 0 Å². The van der Waals surface area contributed by atoms with Crippen molar-refractivity contribution in [1.29, 1.82) is 0 Å². The van der Waals surface area contributed by atoms with Crippen molar-refractivity contribution < 1.29 is 0 Å². The van der Waals surface area contributed by atoms with Crippen molar-refractivity contribution in [3.8, 4) is 44.5 Å². The summed E-state index contributed by atoms with van der Waals surface area (Å²) >= 11 is 0. The van der Waals surface area contributed by atoms with Crippen molar-refractivity contribution in [2.75, 3.05) is 9.80 Å². The maximum atomic E-state index is 2.62. The Labute approximate surface area is 465 Å². The SMILES string of the molecule is CC1(C)c2ccccc2-c2cc(N(c3ccccc3)c3cc4c(cc3C3=CCCC=C3)-c3ccccc3C43c4ccccc4-c4cc(-c5ccccc5)c(N(c5ccccc5)c5ccc(C6CC7CCC6C7)cc5)cc43)ccc21. The molecule has 0 amide bonds. The molecule has 0 aromatic heterocycles. The minimum atomic E-state index is -0.650. The third-order valence-electron chi connectivity index (χ3n) is 19.4. The van der Waals surface area contributed by atoms with Gasteiger partial charge in [0.15, 0.2) is 0 Å². The van der Waals surface area contributed by atoms with Gasteiger partial charge in [-0.25, -0.2) is 0 Å². The molecule has 2 bridgehead atoms. The van der Waals surface area contributed by atoms with Crippen molar-refractivity contribution in [1.82, 2.24) is 0 Å². The highest BCUT2D eigenvalue weighted by Gasteiger charge is 2.53. The molecule has 4 unspecified atom stereocenters. The first-order chi connectivity index (χ1) is 38.9. The van der Waals surface area contributed by atoms with Gasteiger partial charge in [0.05, 0.1) is 16.8 Å². The van der Waals surface area contributed by atoms with E-state index in [0.29, 0.717) is 5.92 Å². The Balaban J connectivity index is 0.973. The number of hydrogen-bond donors (Lipinski definition) is 0. The summed E-state index contributed by atoms with van der Waals surface area (Å²) in [6.45, 7) is 4.76. The zero-order valence-electron chi connectivity index (χ0n) is 45.0. The van der Waals surface area contributed by atoms with Gasteiger partial charge in [-0.3, -0.25) is 0 Å². The first-order valence-electron chi connectivity index (χ1n) is 29.0. The Morgan fingerprint density at radius 2 is 0.886 bits per heavy atom. The van der Waals surface area contributed by atoms with Crippen molar-refractivity contribution in [3.63, 3.8) is 0 Å². The summed E-state index contributed by atoms with van der Waals surface area (Å²) in [5.41, 5.74) is 28.4. The first-order valence-corrected chi connectivity index (χ1v) is 29.0. The third-order valence-corrected chi connectivity index (χ3v) is 19.4. The standard InChI is InChI=1S/C77H62N2/c1-76(2)68-32-18-15-29-59(68)65-45-58(41-42-69(65)76)79(56-27-13-6-14-28-56)75-49-73-67(47-64(75)52-23-9-4-10-24-52)61-31-17-20-34-71(61)77(73)70-33-19-16-30-60(70)66-46-63(51-21-7-3-8-22-51)74(48-72(66)77)78(55-25-11-5-12-26-55)57-39-37-53(38-40-57)62-44-50-35-36-54(62)43-50/h3,5-9,11-34,37-42,45-50,54,62H,4,10,35-36,43-44H2,1-2H3. The number of hydrogen-bond acceptors (Lipinski definition) is 2. The largest absolute Gasteiger partial charge is 0.310 e. The summed E-state index contributed by atoms with van der Waals surface area (Å²) in [7, 11) is 0. The fourth-order valence-corrected chi connectivity index (χ4v) is 15.8. The number of fused-ring (bicyclic) bond motifs is 15. The Hall–Kier alpha value is -8.72. The van der Waals surface area contributed by atoms with Gasteiger partial charge in [-0.15, -0.1) is 0 Å². The summed E-state index contributed by atoms with van der Waals surface area (Å²) in [6.07, 6.45) is 14.8. The van der Waals surface area contributed by atoms with Crippen LogP contribution in [0.25, 0.3) is 50.1 Å². The van der Waals surface area contributed by atoms with Crippen molar-refractivity contribution >= 4 is 39.7 Å². The van der Waals surface area contributed by atoms with E-state index in [-0.39, 0.29) is 5.41 Å². The third kappa shape index (κ3) is 6.96. The Morgan fingerprint density at radius 1 is 0.380 bits per heavy atom. The highest BCUT2D eigenvalue weighted by Crippen LogP contribution is 2.66. The second-order valence-corrected chi connectivity index (χ2v) is 23.8. The van der Waals surface area contributed by atoms with Crippen LogP contribution < -0.4 is 9.80 Å². The molecule has 79 heavy (non-hydrogen) atoms. The predicted octanol–water partition coefficient (Wildman–Crippen LogP) is 20.6. The van der Waals surface area contributed by atoms with Gasteiger partial charge < -0.3 is 9.80 Å². The topological polar surface area (TPSA) is 6.48 Å². The van der Waals surface area contributed by atoms with E-state index in [1.165, 1.54) is 137 Å². The Kier molecular flexibility index (Phi) is 10.5. The summed E-state index contributed by atoms with van der Waals surface area (Å²) in [5.74, 6) is 2.38. The maximum Gasteiger partial charge on any atom is 0.0727 e. The molecule has 0 heterocycles. The molecule has 0 saturated heterocycles. The predicted molar refractivity (Wildman–Crippen MR) is 330 cm³/mol. The molecule has 2 fully saturated rings. The fraction of sp³-hybridized carbons (Fsp3) is 0.169. The summed E-state index contributed by atoms with van der Waals surface area (Å²) in [4.78, 5) is 5.11. The van der Waals surface area contributed by atoms with Gasteiger partial charge >= 0.3 is 0 Å². The van der Waals surface area contributed by atoms with E-state index in [1.54, 1.807) is 0 Å². The number of anilines is 6. The second kappa shape index (κ2) is 17.9. The molecular formula is C77H62N2. The fourth-order valence-electron chi connectivity index (χ4n) is 15.8. The number of benzene rings is 10. The minimum Gasteiger partial charge on any atom is -0.310 e. The minimum absolute atomic E-state index is 0.103. The van der Waals surface area contributed by atoms with Crippen molar-refractivity contribution in [3.05, 3.63) is 293 Å². The van der Waals surface area contributed by atoms with Crippen LogP contribution in [-0.4, -0.2) is 0 Å². The van der Waals surface area contributed by atoms with Crippen LogP contribution in [0.2, 0.25) is 0 Å². The van der Waals surface area contributed by atoms with Crippen LogP contribution in [-0.2, 0) is 10.8 Å². The van der Waals surface area contributed by atoms with Gasteiger partial charge in [0.1, 0.15) is 0 Å². The first kappa shape index (κ1) is 46.4. The Morgan fingerprint density at radius 3 is 1.48 bits per heavy atom. The number of para-hydroxylation sites is 2. The summed E-state index contributed by atoms with van der Waals surface area (Å²) in [6, 6.07) is 88.4. The molecule has 6 aliphatic rings. The van der Waals surface area contributed by atoms with Gasteiger partial charge in [-0.05, 0) is 206 Å². The van der Waals surface area contributed by atoms with Gasteiger partial charge in [0.25, 0.3) is 0 Å².